The molecule has 0 aliphatic heterocycles. The number of anilines is 1. The molecule has 0 saturated carbocycles. The lowest BCUT2D eigenvalue weighted by molar-refractivity contribution is 0.734. The Bertz CT molecular complexity index is 529. The summed E-state index contributed by atoms with van der Waals surface area (Å²) in [6.45, 7) is 6.36. The van der Waals surface area contributed by atoms with E-state index in [9.17, 15) is 0 Å². The van der Waals surface area contributed by atoms with Crippen molar-refractivity contribution in [3.05, 3.63) is 17.5 Å². The smallest absolute Gasteiger partial charge is 0.203 e. The van der Waals surface area contributed by atoms with Crippen LogP contribution < -0.4 is 4.90 Å². The molecule has 0 unspecified atom stereocenters. The van der Waals surface area contributed by atoms with Crippen LogP contribution in [0.5, 0.6) is 0 Å². The van der Waals surface area contributed by atoms with Gasteiger partial charge in [0.25, 0.3) is 0 Å². The molecule has 0 spiro atoms. The van der Waals surface area contributed by atoms with E-state index in [4.69, 9.17) is 11.6 Å². The number of hydrogen-bond donors (Lipinski definition) is 0. The Morgan fingerprint density at radius 2 is 1.94 bits per heavy atom. The molecule has 0 aromatic carbocycles. The van der Waals surface area contributed by atoms with Gasteiger partial charge in [-0.2, -0.15) is 0 Å². The first-order valence-electron chi connectivity index (χ1n) is 6.40. The molecule has 0 aliphatic carbocycles. The quantitative estimate of drug-likeness (QED) is 0.833. The predicted octanol–water partition coefficient (Wildman–Crippen LogP) is 3.25. The number of rotatable bonds is 5. The molecule has 0 radical (unpaired) electrons. The monoisotopic (exact) mass is 266 g/mol. The van der Waals surface area contributed by atoms with E-state index in [0.717, 1.165) is 42.8 Å². The minimum atomic E-state index is 0.507. The second-order valence-electron chi connectivity index (χ2n) is 4.43. The number of aryl methyl sites for hydroxylation is 1. The van der Waals surface area contributed by atoms with Crippen molar-refractivity contribution in [2.75, 3.05) is 18.0 Å². The van der Waals surface area contributed by atoms with Gasteiger partial charge in [0.05, 0.1) is 5.52 Å². The zero-order chi connectivity index (χ0) is 13.1. The number of imidazole rings is 1. The van der Waals surface area contributed by atoms with Gasteiger partial charge < -0.3 is 9.47 Å². The van der Waals surface area contributed by atoms with Crippen LogP contribution in [0, 0.1) is 0 Å². The lowest BCUT2D eigenvalue weighted by Gasteiger charge is -2.23. The van der Waals surface area contributed by atoms with Crippen LogP contribution in [-0.2, 0) is 7.05 Å². The topological polar surface area (TPSA) is 34.0 Å². The summed E-state index contributed by atoms with van der Waals surface area (Å²) in [5.41, 5.74) is 1.93. The van der Waals surface area contributed by atoms with Crippen molar-refractivity contribution in [1.29, 1.82) is 0 Å². The highest BCUT2D eigenvalue weighted by atomic mass is 35.5. The fraction of sp³-hybridized carbons (Fsp3) is 0.538. The normalized spacial score (nSPS) is 11.1. The number of pyridine rings is 1. The highest BCUT2D eigenvalue weighted by Crippen LogP contribution is 2.26. The van der Waals surface area contributed by atoms with Gasteiger partial charge in [0.1, 0.15) is 5.52 Å². The van der Waals surface area contributed by atoms with Crippen LogP contribution in [0.2, 0.25) is 5.28 Å². The molecule has 0 fully saturated rings. The minimum absolute atomic E-state index is 0.507. The van der Waals surface area contributed by atoms with Crippen molar-refractivity contribution < 1.29 is 0 Å². The van der Waals surface area contributed by atoms with Crippen molar-refractivity contribution in [3.8, 4) is 0 Å². The number of aromatic nitrogens is 3. The zero-order valence-corrected chi connectivity index (χ0v) is 11.9. The van der Waals surface area contributed by atoms with Gasteiger partial charge in [-0.3, -0.25) is 0 Å². The summed E-state index contributed by atoms with van der Waals surface area (Å²) in [5.74, 6) is 0.984. The van der Waals surface area contributed by atoms with Crippen molar-refractivity contribution in [3.63, 3.8) is 0 Å². The summed E-state index contributed by atoms with van der Waals surface area (Å²) in [4.78, 5) is 11.2. The Morgan fingerprint density at radius 1 is 1.28 bits per heavy atom. The average molecular weight is 267 g/mol. The van der Waals surface area contributed by atoms with Crippen molar-refractivity contribution >= 4 is 28.5 Å². The molecule has 0 saturated heterocycles. The van der Waals surface area contributed by atoms with Crippen LogP contribution in [0.1, 0.15) is 26.7 Å². The second kappa shape index (κ2) is 5.57. The first-order valence-corrected chi connectivity index (χ1v) is 6.78. The molecule has 0 aliphatic rings. The van der Waals surface area contributed by atoms with Gasteiger partial charge in [0, 0.05) is 26.3 Å². The Labute approximate surface area is 113 Å². The average Bonchev–Trinajstić information content (AvgIpc) is 2.65. The first-order chi connectivity index (χ1) is 8.69. The highest BCUT2D eigenvalue weighted by Gasteiger charge is 2.15. The predicted molar refractivity (Wildman–Crippen MR) is 76.3 cm³/mol. The van der Waals surface area contributed by atoms with Crippen LogP contribution in [0.3, 0.4) is 0 Å². The van der Waals surface area contributed by atoms with E-state index in [1.165, 1.54) is 0 Å². The third kappa shape index (κ3) is 2.29. The van der Waals surface area contributed by atoms with Gasteiger partial charge in [-0.25, -0.2) is 9.97 Å². The van der Waals surface area contributed by atoms with Crippen LogP contribution in [-0.4, -0.2) is 27.6 Å². The molecule has 2 aromatic rings. The number of hydrogen-bond acceptors (Lipinski definition) is 3. The molecule has 2 rings (SSSR count). The largest absolute Gasteiger partial charge is 0.355 e. The molecule has 2 heterocycles. The Balaban J connectivity index is 2.54. The molecule has 4 nitrogen and oxygen atoms in total. The van der Waals surface area contributed by atoms with E-state index in [1.54, 1.807) is 6.20 Å². The lowest BCUT2D eigenvalue weighted by Crippen LogP contribution is -2.26. The minimum Gasteiger partial charge on any atom is -0.355 e. The molecule has 5 heteroatoms. The van der Waals surface area contributed by atoms with Gasteiger partial charge in [0.2, 0.25) is 5.28 Å². The third-order valence-corrected chi connectivity index (χ3v) is 3.33. The van der Waals surface area contributed by atoms with Crippen molar-refractivity contribution in [1.82, 2.24) is 14.5 Å². The summed E-state index contributed by atoms with van der Waals surface area (Å²) in [6, 6.07) is 1.90. The van der Waals surface area contributed by atoms with Gasteiger partial charge in [-0.15, -0.1) is 0 Å². The molecular weight excluding hydrogens is 248 g/mol. The molecule has 0 amide bonds. The zero-order valence-electron chi connectivity index (χ0n) is 11.1. The molecule has 0 N–H and O–H groups in total. The molecular formula is C13H19ClN4. The Kier molecular flexibility index (Phi) is 4.07. The summed E-state index contributed by atoms with van der Waals surface area (Å²) in [6.07, 6.45) is 4.01. The first kappa shape index (κ1) is 13.1. The maximum atomic E-state index is 6.09. The third-order valence-electron chi connectivity index (χ3n) is 3.00. The summed E-state index contributed by atoms with van der Waals surface area (Å²) in [5, 5.41) is 0.507. The highest BCUT2D eigenvalue weighted by molar-refractivity contribution is 6.29. The molecule has 0 bridgehead atoms. The van der Waals surface area contributed by atoms with Gasteiger partial charge in [-0.1, -0.05) is 13.8 Å². The van der Waals surface area contributed by atoms with E-state index >= 15 is 0 Å². The van der Waals surface area contributed by atoms with E-state index in [0.29, 0.717) is 5.28 Å². The molecule has 2 aromatic heterocycles. The fourth-order valence-electron chi connectivity index (χ4n) is 2.21. The fourth-order valence-corrected chi connectivity index (χ4v) is 2.38. The molecule has 18 heavy (non-hydrogen) atoms. The van der Waals surface area contributed by atoms with Gasteiger partial charge in [0.15, 0.2) is 5.82 Å². The van der Waals surface area contributed by atoms with Crippen LogP contribution in [0.25, 0.3) is 11.0 Å². The maximum Gasteiger partial charge on any atom is 0.203 e. The summed E-state index contributed by atoms with van der Waals surface area (Å²) in [7, 11) is 1.93. The van der Waals surface area contributed by atoms with Crippen LogP contribution >= 0.6 is 11.6 Å². The van der Waals surface area contributed by atoms with Crippen molar-refractivity contribution in [2.24, 2.45) is 7.05 Å². The Hall–Kier alpha value is -1.29. The number of halogens is 1. The van der Waals surface area contributed by atoms with Crippen LogP contribution in [0.15, 0.2) is 12.3 Å². The molecule has 98 valence electrons. The van der Waals surface area contributed by atoms with Gasteiger partial charge in [-0.05, 0) is 30.5 Å². The van der Waals surface area contributed by atoms with Crippen molar-refractivity contribution in [2.45, 2.75) is 26.7 Å². The maximum absolute atomic E-state index is 6.09. The van der Waals surface area contributed by atoms with E-state index < -0.39 is 0 Å². The van der Waals surface area contributed by atoms with Gasteiger partial charge >= 0.3 is 0 Å². The summed E-state index contributed by atoms with van der Waals surface area (Å²) < 4.78 is 1.90. The second-order valence-corrected chi connectivity index (χ2v) is 4.77. The number of fused-ring (bicyclic) bond motifs is 1. The van der Waals surface area contributed by atoms with E-state index in [2.05, 4.69) is 28.7 Å². The number of nitrogens with zero attached hydrogens (tertiary/aromatic N) is 4. The summed E-state index contributed by atoms with van der Waals surface area (Å²) >= 11 is 6.09. The van der Waals surface area contributed by atoms with E-state index in [1.807, 2.05) is 17.7 Å². The molecule has 0 atom stereocenters. The SMILES string of the molecule is CCCN(CCC)c1nccc2nc(Cl)n(C)c12. The Morgan fingerprint density at radius 3 is 2.56 bits per heavy atom. The standard InChI is InChI=1S/C13H19ClN4/c1-4-8-18(9-5-2)12-11-10(6-7-15-12)16-13(14)17(11)3/h6-7H,4-5,8-9H2,1-3H3. The van der Waals surface area contributed by atoms with Crippen LogP contribution in [0.4, 0.5) is 5.82 Å². The van der Waals surface area contributed by atoms with E-state index in [-0.39, 0.29) is 0 Å². The lowest BCUT2D eigenvalue weighted by atomic mass is 10.3.